The third kappa shape index (κ3) is 3.56. The minimum absolute atomic E-state index is 0.0694. The molecule has 0 heterocycles. The van der Waals surface area contributed by atoms with Gasteiger partial charge < -0.3 is 4.90 Å². The molecule has 0 aliphatic rings. The first-order chi connectivity index (χ1) is 7.73. The Morgan fingerprint density at radius 1 is 1.24 bits per heavy atom. The van der Waals surface area contributed by atoms with Crippen molar-refractivity contribution in [1.82, 2.24) is 4.90 Å². The molecule has 2 nitrogen and oxygen atoms in total. The van der Waals surface area contributed by atoms with Gasteiger partial charge in [-0.1, -0.05) is 36.7 Å². The van der Waals surface area contributed by atoms with Gasteiger partial charge in [-0.05, 0) is 36.6 Å². The van der Waals surface area contributed by atoms with E-state index in [1.165, 1.54) is 0 Å². The lowest BCUT2D eigenvalue weighted by molar-refractivity contribution is 0.0629. The highest BCUT2D eigenvalue weighted by atomic mass is 79.9. The van der Waals surface area contributed by atoms with Crippen LogP contribution < -0.4 is 0 Å². The summed E-state index contributed by atoms with van der Waals surface area (Å²) < 4.78 is 0.987. The number of hydrogen-bond acceptors (Lipinski definition) is 1. The monoisotopic (exact) mass is 297 g/mol. The van der Waals surface area contributed by atoms with Gasteiger partial charge in [-0.25, -0.2) is 0 Å². The Balaban J connectivity index is 2.87. The van der Waals surface area contributed by atoms with Crippen molar-refractivity contribution in [3.05, 3.63) is 34.3 Å². The van der Waals surface area contributed by atoms with Crippen LogP contribution in [0, 0.1) is 5.41 Å². The molecule has 1 atom stereocenters. The third-order valence-corrected chi connectivity index (χ3v) is 3.77. The Labute approximate surface area is 112 Å². The fraction of sp³-hybridized carbons (Fsp3) is 0.500. The van der Waals surface area contributed by atoms with Gasteiger partial charge in [-0.15, -0.1) is 0 Å². The van der Waals surface area contributed by atoms with E-state index in [2.05, 4.69) is 43.6 Å². The molecule has 1 amide bonds. The largest absolute Gasteiger partial charge is 0.338 e. The Kier molecular flexibility index (Phi) is 4.36. The highest BCUT2D eigenvalue weighted by Gasteiger charge is 2.27. The normalized spacial score (nSPS) is 13.3. The van der Waals surface area contributed by atoms with Crippen molar-refractivity contribution >= 4 is 21.8 Å². The molecule has 0 N–H and O–H groups in total. The lowest BCUT2D eigenvalue weighted by Crippen LogP contribution is -2.42. The van der Waals surface area contributed by atoms with Gasteiger partial charge in [0.25, 0.3) is 5.91 Å². The van der Waals surface area contributed by atoms with E-state index < -0.39 is 0 Å². The number of benzene rings is 1. The molecule has 0 fully saturated rings. The molecule has 0 bridgehead atoms. The van der Waals surface area contributed by atoms with Gasteiger partial charge in [-0.2, -0.15) is 0 Å². The summed E-state index contributed by atoms with van der Waals surface area (Å²) in [6.07, 6.45) is 0. The van der Waals surface area contributed by atoms with Crippen molar-refractivity contribution in [2.24, 2.45) is 5.41 Å². The molecule has 1 rings (SSSR count). The van der Waals surface area contributed by atoms with Crippen LogP contribution in [0.25, 0.3) is 0 Å². The fourth-order valence-electron chi connectivity index (χ4n) is 1.55. The minimum Gasteiger partial charge on any atom is -0.338 e. The van der Waals surface area contributed by atoms with Crippen LogP contribution in [0.4, 0.5) is 0 Å². The van der Waals surface area contributed by atoms with Gasteiger partial charge in [0.05, 0.1) is 0 Å². The molecular formula is C14H20BrNO. The smallest absolute Gasteiger partial charge is 0.253 e. The summed E-state index contributed by atoms with van der Waals surface area (Å²) in [5, 5.41) is 0. The Hall–Kier alpha value is -0.830. The number of hydrogen-bond donors (Lipinski definition) is 0. The quantitative estimate of drug-likeness (QED) is 0.809. The lowest BCUT2D eigenvalue weighted by Gasteiger charge is -2.35. The molecule has 1 aromatic carbocycles. The molecule has 0 spiro atoms. The molecule has 0 saturated heterocycles. The molecule has 0 aliphatic carbocycles. The van der Waals surface area contributed by atoms with Crippen LogP contribution in [0.15, 0.2) is 28.7 Å². The fourth-order valence-corrected chi connectivity index (χ4v) is 1.82. The molecule has 94 valence electrons. The minimum atomic E-state index is 0.0694. The summed E-state index contributed by atoms with van der Waals surface area (Å²) in [4.78, 5) is 14.1. The average molecular weight is 298 g/mol. The van der Waals surface area contributed by atoms with Crippen molar-refractivity contribution in [2.75, 3.05) is 7.05 Å². The van der Waals surface area contributed by atoms with Crippen LogP contribution in [0.2, 0.25) is 0 Å². The molecular weight excluding hydrogens is 278 g/mol. The summed E-state index contributed by atoms with van der Waals surface area (Å²) in [6, 6.07) is 7.67. The summed E-state index contributed by atoms with van der Waals surface area (Å²) in [5.74, 6) is 0.0694. The van der Waals surface area contributed by atoms with Crippen LogP contribution in [0.1, 0.15) is 38.1 Å². The van der Waals surface area contributed by atoms with Gasteiger partial charge in [0.15, 0.2) is 0 Å². The zero-order valence-corrected chi connectivity index (χ0v) is 12.7. The van der Waals surface area contributed by atoms with Gasteiger partial charge >= 0.3 is 0 Å². The van der Waals surface area contributed by atoms with Crippen molar-refractivity contribution in [3.63, 3.8) is 0 Å². The average Bonchev–Trinajstić information content (AvgIpc) is 2.26. The van der Waals surface area contributed by atoms with E-state index in [0.29, 0.717) is 0 Å². The maximum Gasteiger partial charge on any atom is 0.253 e. The summed E-state index contributed by atoms with van der Waals surface area (Å²) in [7, 11) is 1.86. The van der Waals surface area contributed by atoms with Gasteiger partial charge in [0, 0.05) is 23.1 Å². The first kappa shape index (κ1) is 14.2. The topological polar surface area (TPSA) is 20.3 Å². The lowest BCUT2D eigenvalue weighted by atomic mass is 9.87. The highest BCUT2D eigenvalue weighted by Crippen LogP contribution is 2.24. The number of nitrogens with zero attached hydrogens (tertiary/aromatic N) is 1. The zero-order valence-electron chi connectivity index (χ0n) is 11.1. The molecule has 17 heavy (non-hydrogen) atoms. The highest BCUT2D eigenvalue weighted by molar-refractivity contribution is 9.10. The molecule has 0 aromatic heterocycles. The number of amides is 1. The first-order valence-corrected chi connectivity index (χ1v) is 6.55. The van der Waals surface area contributed by atoms with Gasteiger partial charge in [0.2, 0.25) is 0 Å². The first-order valence-electron chi connectivity index (χ1n) is 5.76. The van der Waals surface area contributed by atoms with E-state index in [4.69, 9.17) is 0 Å². The molecule has 1 unspecified atom stereocenters. The number of carbonyl (C=O) groups is 1. The Bertz CT molecular complexity index is 392. The zero-order chi connectivity index (χ0) is 13.2. The second-order valence-corrected chi connectivity index (χ2v) is 6.38. The van der Waals surface area contributed by atoms with Crippen LogP contribution in [-0.2, 0) is 0 Å². The van der Waals surface area contributed by atoms with E-state index in [1.807, 2.05) is 36.2 Å². The maximum atomic E-state index is 12.3. The summed E-state index contributed by atoms with van der Waals surface area (Å²) in [5.41, 5.74) is 0.812. The number of rotatable bonds is 2. The third-order valence-electron chi connectivity index (χ3n) is 3.25. The Morgan fingerprint density at radius 3 is 2.12 bits per heavy atom. The summed E-state index contributed by atoms with van der Waals surface area (Å²) >= 11 is 3.37. The van der Waals surface area contributed by atoms with Crippen LogP contribution in [0.5, 0.6) is 0 Å². The van der Waals surface area contributed by atoms with E-state index in [1.54, 1.807) is 0 Å². The second kappa shape index (κ2) is 5.21. The molecule has 1 aromatic rings. The Morgan fingerprint density at radius 2 is 1.71 bits per heavy atom. The predicted octanol–water partition coefficient (Wildman–Crippen LogP) is 3.96. The van der Waals surface area contributed by atoms with Crippen LogP contribution in [0.3, 0.4) is 0 Å². The number of halogens is 1. The van der Waals surface area contributed by atoms with Crippen molar-refractivity contribution in [3.8, 4) is 0 Å². The summed E-state index contributed by atoms with van der Waals surface area (Å²) in [6.45, 7) is 8.51. The van der Waals surface area contributed by atoms with Crippen molar-refractivity contribution in [2.45, 2.75) is 33.7 Å². The SMILES string of the molecule is CC(N(C)C(=O)c1ccc(Br)cc1)C(C)(C)C. The number of carbonyl (C=O) groups excluding carboxylic acids is 1. The van der Waals surface area contributed by atoms with Crippen molar-refractivity contribution in [1.29, 1.82) is 0 Å². The molecule has 0 aliphatic heterocycles. The van der Waals surface area contributed by atoms with E-state index in [-0.39, 0.29) is 17.4 Å². The molecule has 3 heteroatoms. The van der Waals surface area contributed by atoms with Crippen LogP contribution in [-0.4, -0.2) is 23.9 Å². The molecule has 0 radical (unpaired) electrons. The predicted molar refractivity (Wildman–Crippen MR) is 75.2 cm³/mol. The van der Waals surface area contributed by atoms with E-state index >= 15 is 0 Å². The second-order valence-electron chi connectivity index (χ2n) is 5.46. The van der Waals surface area contributed by atoms with Gasteiger partial charge in [-0.3, -0.25) is 4.79 Å². The standard InChI is InChI=1S/C14H20BrNO/c1-10(14(2,3)4)16(5)13(17)11-6-8-12(15)9-7-11/h6-10H,1-5H3. The van der Waals surface area contributed by atoms with Gasteiger partial charge in [0.1, 0.15) is 0 Å². The van der Waals surface area contributed by atoms with Crippen LogP contribution >= 0.6 is 15.9 Å². The maximum absolute atomic E-state index is 12.3. The molecule has 0 saturated carbocycles. The van der Waals surface area contributed by atoms with E-state index in [0.717, 1.165) is 10.0 Å². The van der Waals surface area contributed by atoms with Crippen molar-refractivity contribution < 1.29 is 4.79 Å². The van der Waals surface area contributed by atoms with E-state index in [9.17, 15) is 4.79 Å².